The second-order valence-corrected chi connectivity index (χ2v) is 8.32. The standard InChI is InChI=1S/2C15H12O4.4C2H6/c16-8-12-6-10(1-3-14(12)18)5-11-2-4-15(19)13(7-11)9-17;16-8-12-5-1-3-10(14(12)18)7-11-4-2-6-13(9-17)15(11)19;4*1-2/h1-4,6-9,18-19H,5H2;1-6,8-9,18-19H,7H2;4*1-2H3. The number of aromatic hydroxyl groups is 4. The van der Waals surface area contributed by atoms with Gasteiger partial charge in [0.1, 0.15) is 23.0 Å². The minimum atomic E-state index is -0.103. The van der Waals surface area contributed by atoms with E-state index in [1.165, 1.54) is 24.3 Å². The van der Waals surface area contributed by atoms with E-state index >= 15 is 0 Å². The van der Waals surface area contributed by atoms with E-state index in [4.69, 9.17) is 0 Å². The zero-order valence-corrected chi connectivity index (χ0v) is 28.1. The Morgan fingerprint density at radius 3 is 1.07 bits per heavy atom. The predicted octanol–water partition coefficient (Wildman–Crippen LogP) is 8.73. The third-order valence-electron chi connectivity index (χ3n) is 5.78. The number of carbonyl (C=O) groups excluding carboxylic acids is 4. The monoisotopic (exact) mass is 632 g/mol. The number of hydrogen-bond acceptors (Lipinski definition) is 8. The Labute approximate surface area is 273 Å². The lowest BCUT2D eigenvalue weighted by molar-refractivity contribution is 0.111. The molecule has 0 amide bonds. The van der Waals surface area contributed by atoms with E-state index in [1.807, 2.05) is 55.4 Å². The minimum Gasteiger partial charge on any atom is -0.507 e. The van der Waals surface area contributed by atoms with Crippen molar-refractivity contribution in [3.8, 4) is 23.0 Å². The van der Waals surface area contributed by atoms with Crippen LogP contribution in [0.3, 0.4) is 0 Å². The number of hydrogen-bond donors (Lipinski definition) is 4. The van der Waals surface area contributed by atoms with E-state index < -0.39 is 0 Å². The van der Waals surface area contributed by atoms with Gasteiger partial charge < -0.3 is 20.4 Å². The Morgan fingerprint density at radius 1 is 0.435 bits per heavy atom. The van der Waals surface area contributed by atoms with Crippen molar-refractivity contribution < 1.29 is 39.6 Å². The molecule has 0 bridgehead atoms. The van der Waals surface area contributed by atoms with E-state index in [0.717, 1.165) is 11.1 Å². The fourth-order valence-electron chi connectivity index (χ4n) is 3.76. The molecule has 0 saturated carbocycles. The molecule has 0 unspecified atom stereocenters. The number of benzene rings is 4. The van der Waals surface area contributed by atoms with Crippen LogP contribution in [-0.2, 0) is 12.8 Å². The maximum Gasteiger partial charge on any atom is 0.153 e. The summed E-state index contributed by atoms with van der Waals surface area (Å²) in [4.78, 5) is 43.0. The van der Waals surface area contributed by atoms with Crippen LogP contribution in [0.4, 0.5) is 0 Å². The van der Waals surface area contributed by atoms with E-state index in [0.29, 0.717) is 42.7 Å². The summed E-state index contributed by atoms with van der Waals surface area (Å²) in [5.41, 5.74) is 3.56. The lowest BCUT2D eigenvalue weighted by atomic mass is 9.99. The van der Waals surface area contributed by atoms with Crippen LogP contribution in [0.5, 0.6) is 23.0 Å². The first-order chi connectivity index (χ1) is 22.3. The van der Waals surface area contributed by atoms with Crippen molar-refractivity contribution in [1.29, 1.82) is 0 Å². The highest BCUT2D eigenvalue weighted by Crippen LogP contribution is 2.29. The molecule has 4 N–H and O–H groups in total. The van der Waals surface area contributed by atoms with Crippen LogP contribution in [0.15, 0.2) is 72.8 Å². The molecular weight excluding hydrogens is 584 g/mol. The molecule has 8 nitrogen and oxygen atoms in total. The van der Waals surface area contributed by atoms with Crippen molar-refractivity contribution in [3.05, 3.63) is 117 Å². The number of phenolic OH excluding ortho intramolecular Hbond substituents is 4. The van der Waals surface area contributed by atoms with Gasteiger partial charge in [-0.1, -0.05) is 91.8 Å². The minimum absolute atomic E-state index is 0.0574. The first-order valence-corrected chi connectivity index (χ1v) is 15.4. The molecule has 4 aromatic rings. The average Bonchev–Trinajstić information content (AvgIpc) is 3.12. The summed E-state index contributed by atoms with van der Waals surface area (Å²) in [5, 5.41) is 38.6. The van der Waals surface area contributed by atoms with Gasteiger partial charge in [-0.3, -0.25) is 19.2 Å². The highest BCUT2D eigenvalue weighted by molar-refractivity contribution is 5.82. The van der Waals surface area contributed by atoms with Crippen LogP contribution >= 0.6 is 0 Å². The summed E-state index contributed by atoms with van der Waals surface area (Å²) in [7, 11) is 0. The third-order valence-corrected chi connectivity index (χ3v) is 5.78. The lowest BCUT2D eigenvalue weighted by Crippen LogP contribution is -1.94. The summed E-state index contributed by atoms with van der Waals surface area (Å²) in [6.07, 6.45) is 3.06. The smallest absolute Gasteiger partial charge is 0.153 e. The van der Waals surface area contributed by atoms with Gasteiger partial charge in [0.25, 0.3) is 0 Å². The van der Waals surface area contributed by atoms with Crippen LogP contribution in [0.1, 0.15) is 119 Å². The van der Waals surface area contributed by atoms with Gasteiger partial charge in [-0.25, -0.2) is 0 Å². The number of carbonyl (C=O) groups is 4. The van der Waals surface area contributed by atoms with Crippen LogP contribution < -0.4 is 0 Å². The summed E-state index contributed by atoms with van der Waals surface area (Å²) < 4.78 is 0. The Hall–Kier alpha value is -5.24. The molecule has 0 heterocycles. The second kappa shape index (κ2) is 25.1. The van der Waals surface area contributed by atoms with Crippen LogP contribution in [0.2, 0.25) is 0 Å². The molecule has 0 spiro atoms. The van der Waals surface area contributed by atoms with E-state index in [9.17, 15) is 39.6 Å². The van der Waals surface area contributed by atoms with E-state index in [-0.39, 0.29) is 51.7 Å². The molecule has 0 fully saturated rings. The van der Waals surface area contributed by atoms with Crippen molar-refractivity contribution in [1.82, 2.24) is 0 Å². The van der Waals surface area contributed by atoms with Gasteiger partial charge in [0.15, 0.2) is 25.1 Å². The molecular formula is C38H48O8. The maximum atomic E-state index is 10.7. The quantitative estimate of drug-likeness (QED) is 0.141. The van der Waals surface area contributed by atoms with Crippen molar-refractivity contribution in [2.45, 2.75) is 68.2 Å². The van der Waals surface area contributed by atoms with Gasteiger partial charge in [0.2, 0.25) is 0 Å². The Kier molecular flexibility index (Phi) is 23.4. The zero-order chi connectivity index (χ0) is 35.7. The topological polar surface area (TPSA) is 149 Å². The summed E-state index contributed by atoms with van der Waals surface area (Å²) >= 11 is 0. The third kappa shape index (κ3) is 13.2. The average molecular weight is 633 g/mol. The van der Waals surface area contributed by atoms with Gasteiger partial charge in [-0.05, 0) is 65.1 Å². The first kappa shape index (κ1) is 42.9. The Balaban J connectivity index is 0. The van der Waals surface area contributed by atoms with E-state index in [1.54, 1.807) is 48.5 Å². The molecule has 0 saturated heterocycles. The van der Waals surface area contributed by atoms with Crippen LogP contribution in [-0.4, -0.2) is 45.6 Å². The summed E-state index contributed by atoms with van der Waals surface area (Å²) in [5.74, 6) is -0.321. The Morgan fingerprint density at radius 2 is 0.761 bits per heavy atom. The first-order valence-electron chi connectivity index (χ1n) is 15.4. The maximum absolute atomic E-state index is 10.7. The van der Waals surface area contributed by atoms with Crippen LogP contribution in [0.25, 0.3) is 0 Å². The highest BCUT2D eigenvalue weighted by atomic mass is 16.3. The zero-order valence-electron chi connectivity index (χ0n) is 28.1. The fourth-order valence-corrected chi connectivity index (χ4v) is 3.76. The normalized spacial score (nSPS) is 8.87. The van der Waals surface area contributed by atoms with Crippen molar-refractivity contribution >= 4 is 25.1 Å². The molecule has 0 atom stereocenters. The van der Waals surface area contributed by atoms with Crippen molar-refractivity contribution in [2.75, 3.05) is 0 Å². The largest absolute Gasteiger partial charge is 0.507 e. The molecule has 4 rings (SSSR count). The highest BCUT2D eigenvalue weighted by Gasteiger charge is 2.11. The van der Waals surface area contributed by atoms with Crippen molar-refractivity contribution in [3.63, 3.8) is 0 Å². The van der Waals surface area contributed by atoms with E-state index in [2.05, 4.69) is 0 Å². The van der Waals surface area contributed by atoms with Gasteiger partial charge in [0.05, 0.1) is 22.3 Å². The van der Waals surface area contributed by atoms with Gasteiger partial charge in [-0.15, -0.1) is 0 Å². The SMILES string of the molecule is CC.CC.CC.CC.O=Cc1cc(Cc2ccc(O)c(C=O)c2)ccc1O.O=Cc1cccc(Cc2cccc(C=O)c2O)c1O. The van der Waals surface area contributed by atoms with Gasteiger partial charge >= 0.3 is 0 Å². The number of phenols is 4. The molecule has 0 aliphatic carbocycles. The number of aldehydes is 4. The molecule has 0 aromatic heterocycles. The molecule has 4 aromatic carbocycles. The van der Waals surface area contributed by atoms with Crippen molar-refractivity contribution in [2.24, 2.45) is 0 Å². The summed E-state index contributed by atoms with van der Waals surface area (Å²) in [6, 6.07) is 19.2. The molecule has 0 aliphatic heterocycles. The van der Waals surface area contributed by atoms with Gasteiger partial charge in [-0.2, -0.15) is 0 Å². The molecule has 248 valence electrons. The van der Waals surface area contributed by atoms with Gasteiger partial charge in [0, 0.05) is 6.42 Å². The lowest BCUT2D eigenvalue weighted by Gasteiger charge is -2.09. The Bertz CT molecular complexity index is 1380. The fraction of sp³-hybridized carbons (Fsp3) is 0.263. The predicted molar refractivity (Wildman–Crippen MR) is 185 cm³/mol. The number of para-hydroxylation sites is 2. The molecule has 46 heavy (non-hydrogen) atoms. The molecule has 0 aliphatic rings. The number of rotatable bonds is 8. The molecule has 8 heteroatoms. The summed E-state index contributed by atoms with van der Waals surface area (Å²) in [6.45, 7) is 16.0. The molecule has 0 radical (unpaired) electrons. The second-order valence-electron chi connectivity index (χ2n) is 8.32. The van der Waals surface area contributed by atoms with Crippen LogP contribution in [0, 0.1) is 0 Å².